The first kappa shape index (κ1) is 25.1. The lowest BCUT2D eigenvalue weighted by Crippen LogP contribution is -2.54. The van der Waals surface area contributed by atoms with E-state index >= 15 is 0 Å². The Morgan fingerprint density at radius 2 is 1.94 bits per heavy atom. The topological polar surface area (TPSA) is 133 Å². The molecule has 10 nitrogen and oxygen atoms in total. The van der Waals surface area contributed by atoms with Gasteiger partial charge < -0.3 is 9.15 Å². The van der Waals surface area contributed by atoms with E-state index in [1.807, 2.05) is 13.0 Å². The molecule has 0 unspecified atom stereocenters. The average Bonchev–Trinajstić information content (AvgIpc) is 3.22. The van der Waals surface area contributed by atoms with Gasteiger partial charge in [-0.2, -0.15) is 9.57 Å². The van der Waals surface area contributed by atoms with Crippen LogP contribution in [-0.4, -0.2) is 49.1 Å². The largest absolute Gasteiger partial charge is 0.494 e. The summed E-state index contributed by atoms with van der Waals surface area (Å²) in [4.78, 5) is 26.8. The summed E-state index contributed by atoms with van der Waals surface area (Å²) in [5.74, 6) is -0.216. The van der Waals surface area contributed by atoms with Crippen LogP contribution in [0.25, 0.3) is 6.08 Å². The number of amides is 2. The Morgan fingerprint density at radius 3 is 2.56 bits per heavy atom. The van der Waals surface area contributed by atoms with E-state index in [1.165, 1.54) is 23.1 Å². The molecular formula is C22H22N4O6S2. The van der Waals surface area contributed by atoms with E-state index in [4.69, 9.17) is 26.6 Å². The smallest absolute Gasteiger partial charge is 0.270 e. The summed E-state index contributed by atoms with van der Waals surface area (Å²) in [6.45, 7) is 2.28. The standard InChI is InChI=1S/C22H22N4O6S2/c1-3-31-16-7-5-15(6-8-16)26-21(28)19(20(27)24-22(26)33)13-17-9-10-18(32-17)14-25(12-4-11-23)34(2,29)30/h5-10,13H,3-4,12,14H2,1-2H3,(H,24,27,33). The molecule has 0 atom stereocenters. The van der Waals surface area contributed by atoms with Crippen molar-refractivity contribution >= 4 is 50.9 Å². The van der Waals surface area contributed by atoms with Crippen molar-refractivity contribution in [3.05, 3.63) is 53.5 Å². The van der Waals surface area contributed by atoms with E-state index in [0.29, 0.717) is 18.0 Å². The van der Waals surface area contributed by atoms with Crippen LogP contribution < -0.4 is 15.0 Å². The van der Waals surface area contributed by atoms with E-state index in [1.54, 1.807) is 24.3 Å². The van der Waals surface area contributed by atoms with Crippen molar-refractivity contribution in [3.8, 4) is 11.8 Å². The number of hydrogen-bond donors (Lipinski definition) is 1. The maximum absolute atomic E-state index is 13.1. The fourth-order valence-corrected chi connectivity index (χ4v) is 4.23. The average molecular weight is 503 g/mol. The molecule has 2 heterocycles. The molecule has 1 aromatic heterocycles. The minimum Gasteiger partial charge on any atom is -0.494 e. The predicted molar refractivity (Wildman–Crippen MR) is 128 cm³/mol. The van der Waals surface area contributed by atoms with Crippen LogP contribution in [0.2, 0.25) is 0 Å². The van der Waals surface area contributed by atoms with Crippen LogP contribution in [0.5, 0.6) is 5.75 Å². The highest BCUT2D eigenvalue weighted by Gasteiger charge is 2.34. The van der Waals surface area contributed by atoms with Crippen LogP contribution in [0, 0.1) is 11.3 Å². The van der Waals surface area contributed by atoms with Gasteiger partial charge >= 0.3 is 0 Å². The Bertz CT molecular complexity index is 1280. The number of carbonyl (C=O) groups is 2. The Hall–Kier alpha value is -3.53. The lowest BCUT2D eigenvalue weighted by Gasteiger charge is -2.28. The van der Waals surface area contributed by atoms with Crippen LogP contribution in [-0.2, 0) is 26.2 Å². The van der Waals surface area contributed by atoms with Gasteiger partial charge in [-0.05, 0) is 61.6 Å². The van der Waals surface area contributed by atoms with Gasteiger partial charge in [-0.25, -0.2) is 8.42 Å². The number of rotatable bonds is 9. The summed E-state index contributed by atoms with van der Waals surface area (Å²) in [6, 6.07) is 11.6. The number of furan rings is 1. The zero-order chi connectivity index (χ0) is 24.9. The molecule has 0 aliphatic carbocycles. The van der Waals surface area contributed by atoms with Crippen molar-refractivity contribution in [2.45, 2.75) is 19.9 Å². The van der Waals surface area contributed by atoms with Gasteiger partial charge in [-0.15, -0.1) is 0 Å². The fraction of sp³-hybridized carbons (Fsp3) is 0.273. The van der Waals surface area contributed by atoms with Crippen molar-refractivity contribution < 1.29 is 27.2 Å². The number of carbonyl (C=O) groups excluding carboxylic acids is 2. The quantitative estimate of drug-likeness (QED) is 0.313. The molecule has 2 amide bonds. The number of benzene rings is 1. The zero-order valence-corrected chi connectivity index (χ0v) is 20.1. The Balaban J connectivity index is 1.84. The highest BCUT2D eigenvalue weighted by atomic mass is 32.2. The van der Waals surface area contributed by atoms with Crippen LogP contribution in [0.1, 0.15) is 24.9 Å². The van der Waals surface area contributed by atoms with Crippen LogP contribution >= 0.6 is 12.2 Å². The number of anilines is 1. The van der Waals surface area contributed by atoms with Crippen molar-refractivity contribution in [1.29, 1.82) is 5.26 Å². The minimum atomic E-state index is -3.56. The molecule has 1 aliphatic heterocycles. The maximum atomic E-state index is 13.1. The highest BCUT2D eigenvalue weighted by molar-refractivity contribution is 7.88. The number of nitrogens with one attached hydrogen (secondary N) is 1. The van der Waals surface area contributed by atoms with Gasteiger partial charge in [0.25, 0.3) is 11.8 Å². The van der Waals surface area contributed by atoms with Gasteiger partial charge in [0, 0.05) is 13.0 Å². The zero-order valence-electron chi connectivity index (χ0n) is 18.5. The van der Waals surface area contributed by atoms with Crippen LogP contribution in [0.15, 0.2) is 46.4 Å². The van der Waals surface area contributed by atoms with Gasteiger partial charge in [0.05, 0.1) is 31.2 Å². The first-order valence-electron chi connectivity index (χ1n) is 10.2. The summed E-state index contributed by atoms with van der Waals surface area (Å²) < 4.78 is 36.0. The molecule has 1 fully saturated rings. The van der Waals surface area contributed by atoms with Crippen molar-refractivity contribution in [2.24, 2.45) is 0 Å². The number of ether oxygens (including phenoxy) is 1. The van der Waals surface area contributed by atoms with E-state index in [-0.39, 0.29) is 41.7 Å². The molecule has 178 valence electrons. The summed E-state index contributed by atoms with van der Waals surface area (Å²) in [5, 5.41) is 11.2. The first-order valence-corrected chi connectivity index (χ1v) is 12.4. The Morgan fingerprint density at radius 1 is 1.24 bits per heavy atom. The molecule has 1 saturated heterocycles. The van der Waals surface area contributed by atoms with Gasteiger partial charge in [-0.3, -0.25) is 19.8 Å². The molecule has 0 spiro atoms. The number of sulfonamides is 1. The van der Waals surface area contributed by atoms with E-state index < -0.39 is 21.8 Å². The number of nitriles is 1. The molecule has 1 aliphatic rings. The molecule has 12 heteroatoms. The van der Waals surface area contributed by atoms with Gasteiger partial charge in [0.15, 0.2) is 5.11 Å². The second-order valence-electron chi connectivity index (χ2n) is 7.19. The molecule has 0 radical (unpaired) electrons. The summed E-state index contributed by atoms with van der Waals surface area (Å²) >= 11 is 5.19. The predicted octanol–water partition coefficient (Wildman–Crippen LogP) is 2.18. The maximum Gasteiger partial charge on any atom is 0.270 e. The van der Waals surface area contributed by atoms with Crippen LogP contribution in [0.4, 0.5) is 5.69 Å². The number of nitrogens with zero attached hydrogens (tertiary/aromatic N) is 3. The Kier molecular flexibility index (Phi) is 7.83. The monoisotopic (exact) mass is 502 g/mol. The van der Waals surface area contributed by atoms with E-state index in [0.717, 1.165) is 10.6 Å². The Labute approximate surface area is 202 Å². The van der Waals surface area contributed by atoms with Crippen molar-refractivity contribution in [3.63, 3.8) is 0 Å². The third-order valence-electron chi connectivity index (χ3n) is 4.75. The minimum absolute atomic E-state index is 0.0157. The van der Waals surface area contributed by atoms with Gasteiger partial charge in [0.2, 0.25) is 10.0 Å². The first-order chi connectivity index (χ1) is 16.1. The summed E-state index contributed by atoms with van der Waals surface area (Å²) in [5.41, 5.74) is 0.249. The second kappa shape index (κ2) is 10.6. The third kappa shape index (κ3) is 5.88. The van der Waals surface area contributed by atoms with Crippen molar-refractivity contribution in [1.82, 2.24) is 9.62 Å². The molecular weight excluding hydrogens is 480 g/mol. The number of hydrogen-bond acceptors (Lipinski definition) is 8. The fourth-order valence-electron chi connectivity index (χ4n) is 3.16. The van der Waals surface area contributed by atoms with Gasteiger partial charge in [0.1, 0.15) is 22.8 Å². The third-order valence-corrected chi connectivity index (χ3v) is 6.29. The molecule has 1 aromatic carbocycles. The van der Waals surface area contributed by atoms with Crippen LogP contribution in [0.3, 0.4) is 0 Å². The lowest BCUT2D eigenvalue weighted by atomic mass is 10.1. The summed E-state index contributed by atoms with van der Waals surface area (Å²) in [6.07, 6.45) is 2.34. The molecule has 34 heavy (non-hydrogen) atoms. The van der Waals surface area contributed by atoms with Crippen molar-refractivity contribution in [2.75, 3.05) is 24.3 Å². The SMILES string of the molecule is CCOc1ccc(N2C(=O)C(=Cc3ccc(CN(CCC#N)S(C)(=O)=O)o3)C(=O)NC2=S)cc1. The lowest BCUT2D eigenvalue weighted by molar-refractivity contribution is -0.122. The van der Waals surface area contributed by atoms with E-state index in [9.17, 15) is 18.0 Å². The molecule has 1 N–H and O–H groups in total. The second-order valence-corrected chi connectivity index (χ2v) is 9.56. The van der Waals surface area contributed by atoms with E-state index in [2.05, 4.69) is 5.32 Å². The number of thiocarbonyl (C=S) groups is 1. The normalized spacial score (nSPS) is 15.5. The molecule has 3 rings (SSSR count). The summed E-state index contributed by atoms with van der Waals surface area (Å²) in [7, 11) is -3.56. The highest BCUT2D eigenvalue weighted by Crippen LogP contribution is 2.25. The molecule has 0 saturated carbocycles. The molecule has 2 aromatic rings. The van der Waals surface area contributed by atoms with Gasteiger partial charge in [-0.1, -0.05) is 0 Å². The molecule has 0 bridgehead atoms.